The van der Waals surface area contributed by atoms with E-state index in [1.807, 2.05) is 4.90 Å². The summed E-state index contributed by atoms with van der Waals surface area (Å²) in [6, 6.07) is 4.53. The van der Waals surface area contributed by atoms with E-state index in [1.54, 1.807) is 6.07 Å². The van der Waals surface area contributed by atoms with Gasteiger partial charge in [0.15, 0.2) is 6.10 Å². The van der Waals surface area contributed by atoms with Crippen LogP contribution in [0.25, 0.3) is 0 Å². The lowest BCUT2D eigenvalue weighted by Crippen LogP contribution is -2.40. The number of amides is 1. The van der Waals surface area contributed by atoms with Gasteiger partial charge < -0.3 is 20.3 Å². The van der Waals surface area contributed by atoms with Gasteiger partial charge >= 0.3 is 0 Å². The predicted octanol–water partition coefficient (Wildman–Crippen LogP) is 1.63. The van der Waals surface area contributed by atoms with Crippen molar-refractivity contribution >= 4 is 23.2 Å². The highest BCUT2D eigenvalue weighted by Crippen LogP contribution is 2.25. The summed E-state index contributed by atoms with van der Waals surface area (Å²) in [5.41, 5.74) is 1.06. The summed E-state index contributed by atoms with van der Waals surface area (Å²) in [7, 11) is 0. The fraction of sp³-hybridized carbons (Fsp3) is 0.333. The third-order valence-corrected chi connectivity index (χ3v) is 4.17. The minimum absolute atomic E-state index is 0.0838. The van der Waals surface area contributed by atoms with E-state index >= 15 is 0 Å². The fourth-order valence-electron chi connectivity index (χ4n) is 2.63. The van der Waals surface area contributed by atoms with Gasteiger partial charge in [-0.2, -0.15) is 0 Å². The molecule has 1 aliphatic heterocycles. The zero-order valence-corrected chi connectivity index (χ0v) is 12.9. The monoisotopic (exact) mass is 338 g/mol. The predicted molar refractivity (Wildman–Crippen MR) is 83.7 cm³/mol. The molecule has 1 aromatic carbocycles. The molecular formula is C15H16ClFN4O2. The van der Waals surface area contributed by atoms with Gasteiger partial charge in [0, 0.05) is 24.8 Å². The van der Waals surface area contributed by atoms with E-state index in [0.717, 1.165) is 5.69 Å². The number of H-pyrrole nitrogens is 1. The Hall–Kier alpha value is -2.12. The fourth-order valence-corrected chi connectivity index (χ4v) is 2.75. The summed E-state index contributed by atoms with van der Waals surface area (Å²) in [5.74, 6) is -0.949. The van der Waals surface area contributed by atoms with Gasteiger partial charge in [-0.25, -0.2) is 9.37 Å². The number of carbonyl (C=O) groups is 1. The average molecular weight is 339 g/mol. The summed E-state index contributed by atoms with van der Waals surface area (Å²) in [4.78, 5) is 20.5. The van der Waals surface area contributed by atoms with Crippen LogP contribution in [0.15, 0.2) is 30.7 Å². The lowest BCUT2D eigenvalue weighted by Gasteiger charge is -2.20. The number of benzene rings is 1. The lowest BCUT2D eigenvalue weighted by molar-refractivity contribution is -0.130. The van der Waals surface area contributed by atoms with Crippen molar-refractivity contribution in [3.05, 3.63) is 47.3 Å². The molecule has 1 aromatic heterocycles. The van der Waals surface area contributed by atoms with Crippen molar-refractivity contribution in [3.63, 3.8) is 0 Å². The summed E-state index contributed by atoms with van der Waals surface area (Å²) >= 11 is 5.68. The molecule has 122 valence electrons. The Morgan fingerprint density at radius 3 is 3.09 bits per heavy atom. The van der Waals surface area contributed by atoms with Crippen molar-refractivity contribution in [1.29, 1.82) is 0 Å². The number of carbonyl (C=O) groups excluding carboxylic acids is 1. The van der Waals surface area contributed by atoms with Gasteiger partial charge in [-0.1, -0.05) is 11.6 Å². The number of aromatic amines is 1. The first-order chi connectivity index (χ1) is 11.0. The molecule has 2 aromatic rings. The zero-order chi connectivity index (χ0) is 16.4. The smallest absolute Gasteiger partial charge is 0.255 e. The third kappa shape index (κ3) is 3.46. The molecule has 3 N–H and O–H groups in total. The van der Waals surface area contributed by atoms with Crippen LogP contribution in [0, 0.1) is 5.82 Å². The number of nitrogens with one attached hydrogen (secondary N) is 2. The molecule has 2 atom stereocenters. The first-order valence-electron chi connectivity index (χ1n) is 7.21. The van der Waals surface area contributed by atoms with Crippen LogP contribution < -0.4 is 10.2 Å². The van der Waals surface area contributed by atoms with E-state index in [-0.39, 0.29) is 11.1 Å². The van der Waals surface area contributed by atoms with Crippen molar-refractivity contribution in [3.8, 4) is 0 Å². The van der Waals surface area contributed by atoms with Gasteiger partial charge in [0.25, 0.3) is 5.91 Å². The quantitative estimate of drug-likeness (QED) is 0.791. The number of rotatable bonds is 4. The third-order valence-electron chi connectivity index (χ3n) is 3.87. The summed E-state index contributed by atoms with van der Waals surface area (Å²) in [5, 5.41) is 12.8. The molecular weight excluding hydrogens is 323 g/mol. The molecule has 23 heavy (non-hydrogen) atoms. The molecule has 0 aliphatic carbocycles. The summed E-state index contributed by atoms with van der Waals surface area (Å²) in [6.07, 6.45) is 2.24. The molecule has 1 saturated heterocycles. The van der Waals surface area contributed by atoms with Crippen LogP contribution in [-0.4, -0.2) is 40.1 Å². The number of aromatic nitrogens is 2. The SMILES string of the molecule is O=C(NC1CCN(c2ccc(Cl)c(F)c2)C1)C(O)c1cnc[nH]1. The molecule has 2 unspecified atom stereocenters. The van der Waals surface area contributed by atoms with Crippen LogP contribution in [0.2, 0.25) is 5.02 Å². The number of nitrogens with zero attached hydrogens (tertiary/aromatic N) is 2. The Labute approximate surface area is 137 Å². The van der Waals surface area contributed by atoms with E-state index in [0.29, 0.717) is 25.2 Å². The maximum atomic E-state index is 13.5. The highest BCUT2D eigenvalue weighted by atomic mass is 35.5. The zero-order valence-electron chi connectivity index (χ0n) is 12.2. The second-order valence-electron chi connectivity index (χ2n) is 5.45. The summed E-state index contributed by atoms with van der Waals surface area (Å²) in [6.45, 7) is 1.23. The van der Waals surface area contributed by atoms with Crippen molar-refractivity contribution in [2.75, 3.05) is 18.0 Å². The lowest BCUT2D eigenvalue weighted by atomic mass is 10.2. The topological polar surface area (TPSA) is 81.2 Å². The molecule has 0 radical (unpaired) electrons. The van der Waals surface area contributed by atoms with Crippen molar-refractivity contribution in [2.24, 2.45) is 0 Å². The molecule has 6 nitrogen and oxygen atoms in total. The first kappa shape index (κ1) is 15.8. The maximum Gasteiger partial charge on any atom is 0.255 e. The molecule has 0 bridgehead atoms. The Morgan fingerprint density at radius 1 is 1.57 bits per heavy atom. The van der Waals surface area contributed by atoms with Gasteiger partial charge in [0.1, 0.15) is 5.82 Å². The van der Waals surface area contributed by atoms with Crippen LogP contribution in [0.1, 0.15) is 18.2 Å². The molecule has 8 heteroatoms. The minimum Gasteiger partial charge on any atom is -0.377 e. The number of anilines is 1. The normalized spacial score (nSPS) is 18.9. The Morgan fingerprint density at radius 2 is 2.39 bits per heavy atom. The number of halogens is 2. The molecule has 1 aliphatic rings. The van der Waals surface area contributed by atoms with Crippen LogP contribution in [0.4, 0.5) is 10.1 Å². The van der Waals surface area contributed by atoms with Crippen molar-refractivity contribution in [1.82, 2.24) is 15.3 Å². The largest absolute Gasteiger partial charge is 0.377 e. The highest BCUT2D eigenvalue weighted by molar-refractivity contribution is 6.30. The van der Waals surface area contributed by atoms with Crippen LogP contribution in [-0.2, 0) is 4.79 Å². The van der Waals surface area contributed by atoms with E-state index in [9.17, 15) is 14.3 Å². The van der Waals surface area contributed by atoms with E-state index in [2.05, 4.69) is 15.3 Å². The van der Waals surface area contributed by atoms with Crippen LogP contribution >= 0.6 is 11.6 Å². The second kappa shape index (κ2) is 6.55. The van der Waals surface area contributed by atoms with Gasteiger partial charge in [-0.15, -0.1) is 0 Å². The highest BCUT2D eigenvalue weighted by Gasteiger charge is 2.27. The molecule has 1 fully saturated rings. The molecule has 2 heterocycles. The maximum absolute atomic E-state index is 13.5. The molecule has 0 spiro atoms. The number of imidazole rings is 1. The Kier molecular flexibility index (Phi) is 4.49. The second-order valence-corrected chi connectivity index (χ2v) is 5.86. The molecule has 0 saturated carbocycles. The minimum atomic E-state index is -1.28. The number of aliphatic hydroxyl groups is 1. The van der Waals surface area contributed by atoms with Crippen LogP contribution in [0.5, 0.6) is 0 Å². The Bertz CT molecular complexity index is 695. The molecule has 1 amide bonds. The van der Waals surface area contributed by atoms with E-state index in [1.165, 1.54) is 24.7 Å². The van der Waals surface area contributed by atoms with Gasteiger partial charge in [-0.05, 0) is 24.6 Å². The molecule has 3 rings (SSSR count). The number of hydrogen-bond donors (Lipinski definition) is 3. The van der Waals surface area contributed by atoms with E-state index in [4.69, 9.17) is 11.6 Å². The Balaban J connectivity index is 1.59. The van der Waals surface area contributed by atoms with E-state index < -0.39 is 17.8 Å². The van der Waals surface area contributed by atoms with Gasteiger partial charge in [0.2, 0.25) is 0 Å². The summed E-state index contributed by atoms with van der Waals surface area (Å²) < 4.78 is 13.5. The van der Waals surface area contributed by atoms with Crippen LogP contribution in [0.3, 0.4) is 0 Å². The first-order valence-corrected chi connectivity index (χ1v) is 7.59. The van der Waals surface area contributed by atoms with Gasteiger partial charge in [-0.3, -0.25) is 4.79 Å². The van der Waals surface area contributed by atoms with Gasteiger partial charge in [0.05, 0.1) is 23.2 Å². The van der Waals surface area contributed by atoms with Crippen molar-refractivity contribution in [2.45, 2.75) is 18.6 Å². The number of hydrogen-bond acceptors (Lipinski definition) is 4. The average Bonchev–Trinajstić information content (AvgIpc) is 3.20. The standard InChI is InChI=1S/C15H16ClFN4O2/c16-11-2-1-10(5-12(11)17)21-4-3-9(7-21)20-15(23)14(22)13-6-18-8-19-13/h1-2,5-6,8-9,14,22H,3-4,7H2,(H,18,19)(H,20,23). The van der Waals surface area contributed by atoms with Crippen molar-refractivity contribution < 1.29 is 14.3 Å². The number of aliphatic hydroxyl groups excluding tert-OH is 1.